The number of para-hydroxylation sites is 2. The van der Waals surface area contributed by atoms with Crippen molar-refractivity contribution < 1.29 is 0 Å². The third-order valence-electron chi connectivity index (χ3n) is 8.74. The predicted molar refractivity (Wildman–Crippen MR) is 176 cm³/mol. The Hall–Kier alpha value is -5.40. The van der Waals surface area contributed by atoms with Crippen molar-refractivity contribution in [1.29, 1.82) is 0 Å². The van der Waals surface area contributed by atoms with Crippen LogP contribution in [0.3, 0.4) is 0 Å². The lowest BCUT2D eigenvalue weighted by Gasteiger charge is -2.12. The molecule has 0 spiro atoms. The summed E-state index contributed by atoms with van der Waals surface area (Å²) in [4.78, 5) is 0. The normalized spacial score (nSPS) is 11.9. The summed E-state index contributed by atoms with van der Waals surface area (Å²) in [6, 6.07) is 55.6. The first-order valence-electron chi connectivity index (χ1n) is 14.2. The largest absolute Gasteiger partial charge is 0.309 e. The first-order chi connectivity index (χ1) is 20.3. The van der Waals surface area contributed by atoms with Gasteiger partial charge >= 0.3 is 0 Å². The van der Waals surface area contributed by atoms with Gasteiger partial charge in [0.2, 0.25) is 0 Å². The summed E-state index contributed by atoms with van der Waals surface area (Å²) in [5, 5.41) is 13.0. The SMILES string of the molecule is c1ccc(-n2c3ccccc3c3cc(-c4ccc5c(ccc6c5ccc5ccc7ccccc7c56)c4)ccc32)cc1. The Labute approximate surface area is 237 Å². The minimum atomic E-state index is 1.18. The third-order valence-corrected chi connectivity index (χ3v) is 8.74. The van der Waals surface area contributed by atoms with Crippen LogP contribution < -0.4 is 0 Å². The van der Waals surface area contributed by atoms with Gasteiger partial charge in [-0.3, -0.25) is 0 Å². The number of hydrogen-bond donors (Lipinski definition) is 0. The number of nitrogens with zero attached hydrogens (tertiary/aromatic N) is 1. The lowest BCUT2D eigenvalue weighted by Crippen LogP contribution is -1.92. The third kappa shape index (κ3) is 3.30. The van der Waals surface area contributed by atoms with Crippen molar-refractivity contribution in [2.75, 3.05) is 0 Å². The Morgan fingerprint density at radius 3 is 1.88 bits per heavy atom. The highest BCUT2D eigenvalue weighted by Gasteiger charge is 2.14. The maximum Gasteiger partial charge on any atom is 0.0541 e. The summed E-state index contributed by atoms with van der Waals surface area (Å²) >= 11 is 0. The van der Waals surface area contributed by atoms with Gasteiger partial charge in [-0.25, -0.2) is 0 Å². The second kappa shape index (κ2) is 8.55. The second-order valence-corrected chi connectivity index (χ2v) is 11.0. The molecule has 0 N–H and O–H groups in total. The molecule has 0 aliphatic rings. The topological polar surface area (TPSA) is 4.93 Å². The molecule has 1 heteroatoms. The maximum atomic E-state index is 2.37. The molecule has 0 fully saturated rings. The van der Waals surface area contributed by atoms with Crippen molar-refractivity contribution in [1.82, 2.24) is 4.57 Å². The van der Waals surface area contributed by atoms with Gasteiger partial charge in [0.05, 0.1) is 11.0 Å². The van der Waals surface area contributed by atoms with Gasteiger partial charge in [0, 0.05) is 16.5 Å². The number of aromatic nitrogens is 1. The van der Waals surface area contributed by atoms with Crippen LogP contribution in [0.1, 0.15) is 0 Å². The van der Waals surface area contributed by atoms with Gasteiger partial charge in [0.25, 0.3) is 0 Å². The average Bonchev–Trinajstić information content (AvgIpc) is 3.38. The van der Waals surface area contributed by atoms with Gasteiger partial charge in [-0.1, -0.05) is 115 Å². The molecule has 41 heavy (non-hydrogen) atoms. The number of hydrogen-bond acceptors (Lipinski definition) is 0. The molecule has 190 valence electrons. The van der Waals surface area contributed by atoms with Gasteiger partial charge in [-0.15, -0.1) is 0 Å². The van der Waals surface area contributed by atoms with Crippen molar-refractivity contribution in [3.8, 4) is 16.8 Å². The van der Waals surface area contributed by atoms with Crippen molar-refractivity contribution in [2.45, 2.75) is 0 Å². The summed E-state index contributed by atoms with van der Waals surface area (Å²) in [5.41, 5.74) is 6.12. The molecule has 0 atom stereocenters. The fourth-order valence-electron chi connectivity index (χ4n) is 6.84. The molecule has 0 aliphatic carbocycles. The zero-order valence-corrected chi connectivity index (χ0v) is 22.4. The van der Waals surface area contributed by atoms with Crippen LogP contribution in [0.4, 0.5) is 0 Å². The summed E-state index contributed by atoms with van der Waals surface area (Å²) < 4.78 is 2.37. The van der Waals surface area contributed by atoms with Crippen molar-refractivity contribution in [3.05, 3.63) is 152 Å². The first-order valence-corrected chi connectivity index (χ1v) is 14.2. The van der Waals surface area contributed by atoms with Gasteiger partial charge in [0.15, 0.2) is 0 Å². The lowest BCUT2D eigenvalue weighted by molar-refractivity contribution is 1.18. The fourth-order valence-corrected chi connectivity index (χ4v) is 6.84. The van der Waals surface area contributed by atoms with E-state index in [1.54, 1.807) is 0 Å². The zero-order valence-electron chi connectivity index (χ0n) is 22.4. The molecule has 1 heterocycles. The van der Waals surface area contributed by atoms with Crippen LogP contribution in [0.2, 0.25) is 0 Å². The lowest BCUT2D eigenvalue weighted by atomic mass is 9.92. The van der Waals surface area contributed by atoms with Crippen LogP contribution in [-0.2, 0) is 0 Å². The van der Waals surface area contributed by atoms with E-state index in [2.05, 4.69) is 156 Å². The molecule has 0 radical (unpaired) electrons. The van der Waals surface area contributed by atoms with Gasteiger partial charge in [-0.2, -0.15) is 0 Å². The van der Waals surface area contributed by atoms with E-state index in [4.69, 9.17) is 0 Å². The van der Waals surface area contributed by atoms with Crippen LogP contribution in [0.25, 0.3) is 81.7 Å². The fraction of sp³-hybridized carbons (Fsp3) is 0. The molecular formula is C40H25N. The predicted octanol–water partition coefficient (Wildman–Crippen LogP) is 11.1. The van der Waals surface area contributed by atoms with E-state index < -0.39 is 0 Å². The smallest absolute Gasteiger partial charge is 0.0541 e. The summed E-state index contributed by atoms with van der Waals surface area (Å²) in [6.45, 7) is 0. The molecule has 0 bridgehead atoms. The molecule has 0 amide bonds. The van der Waals surface area contributed by atoms with E-state index in [1.165, 1.54) is 81.7 Å². The Balaban J connectivity index is 1.24. The van der Waals surface area contributed by atoms with Crippen LogP contribution in [0.15, 0.2) is 152 Å². The molecule has 0 aliphatic heterocycles. The molecule has 0 saturated carbocycles. The van der Waals surface area contributed by atoms with Gasteiger partial charge in [-0.05, 0) is 90.6 Å². The maximum absolute atomic E-state index is 2.37. The van der Waals surface area contributed by atoms with Crippen molar-refractivity contribution >= 4 is 64.9 Å². The van der Waals surface area contributed by atoms with Crippen LogP contribution in [-0.4, -0.2) is 4.57 Å². The van der Waals surface area contributed by atoms with E-state index >= 15 is 0 Å². The van der Waals surface area contributed by atoms with E-state index in [0.29, 0.717) is 0 Å². The molecule has 1 aromatic heterocycles. The quantitative estimate of drug-likeness (QED) is 0.200. The number of fused-ring (bicyclic) bond motifs is 10. The first kappa shape index (κ1) is 22.4. The molecule has 0 saturated heterocycles. The Bertz CT molecular complexity index is 2460. The standard InChI is InChI=1S/C40H25N/c1-2-9-31(10-3-1)41-38-13-7-6-12-35(38)37-25-29(19-23-39(37)41)28-17-20-32-30(24-28)18-22-36-34(32)21-16-27-15-14-26-8-4-5-11-33(26)40(27)36/h1-25H. The van der Waals surface area contributed by atoms with Crippen LogP contribution in [0.5, 0.6) is 0 Å². The summed E-state index contributed by atoms with van der Waals surface area (Å²) in [7, 11) is 0. The molecule has 1 nitrogen and oxygen atoms in total. The molecular weight excluding hydrogens is 494 g/mol. The Morgan fingerprint density at radius 2 is 0.951 bits per heavy atom. The number of rotatable bonds is 2. The van der Waals surface area contributed by atoms with Crippen molar-refractivity contribution in [2.24, 2.45) is 0 Å². The molecule has 9 aromatic rings. The van der Waals surface area contributed by atoms with E-state index in [0.717, 1.165) is 0 Å². The van der Waals surface area contributed by atoms with Crippen LogP contribution >= 0.6 is 0 Å². The van der Waals surface area contributed by atoms with Gasteiger partial charge < -0.3 is 4.57 Å². The average molecular weight is 520 g/mol. The molecule has 8 aromatic carbocycles. The summed E-state index contributed by atoms with van der Waals surface area (Å²) in [5.74, 6) is 0. The van der Waals surface area contributed by atoms with E-state index in [9.17, 15) is 0 Å². The zero-order chi connectivity index (χ0) is 26.9. The number of benzene rings is 8. The Kier molecular flexibility index (Phi) is 4.67. The molecule has 9 rings (SSSR count). The van der Waals surface area contributed by atoms with Gasteiger partial charge in [0.1, 0.15) is 0 Å². The van der Waals surface area contributed by atoms with E-state index in [1.807, 2.05) is 0 Å². The highest BCUT2D eigenvalue weighted by atomic mass is 15.0. The second-order valence-electron chi connectivity index (χ2n) is 11.0. The minimum absolute atomic E-state index is 1.18. The Morgan fingerprint density at radius 1 is 0.317 bits per heavy atom. The summed E-state index contributed by atoms with van der Waals surface area (Å²) in [6.07, 6.45) is 0. The molecule has 0 unspecified atom stereocenters. The highest BCUT2D eigenvalue weighted by Crippen LogP contribution is 2.38. The van der Waals surface area contributed by atoms with E-state index in [-0.39, 0.29) is 0 Å². The minimum Gasteiger partial charge on any atom is -0.309 e. The highest BCUT2D eigenvalue weighted by molar-refractivity contribution is 6.24. The van der Waals surface area contributed by atoms with Crippen molar-refractivity contribution in [3.63, 3.8) is 0 Å². The monoisotopic (exact) mass is 519 g/mol. The van der Waals surface area contributed by atoms with Crippen LogP contribution in [0, 0.1) is 0 Å².